The molecule has 2 rings (SSSR count). The first-order valence-corrected chi connectivity index (χ1v) is 9.22. The van der Waals surface area contributed by atoms with Crippen LogP contribution in [0.1, 0.15) is 28.1 Å². The molecular weight excluding hydrogens is 379 g/mol. The van der Waals surface area contributed by atoms with E-state index in [1.165, 1.54) is 10.9 Å². The van der Waals surface area contributed by atoms with E-state index in [0.29, 0.717) is 25.6 Å². The van der Waals surface area contributed by atoms with E-state index < -0.39 is 11.7 Å². The van der Waals surface area contributed by atoms with Crippen LogP contribution >= 0.6 is 11.3 Å². The van der Waals surface area contributed by atoms with Crippen LogP contribution in [0.3, 0.4) is 0 Å². The predicted octanol–water partition coefficient (Wildman–Crippen LogP) is 3.31. The van der Waals surface area contributed by atoms with E-state index in [9.17, 15) is 13.2 Å². The average Bonchev–Trinajstić information content (AvgIpc) is 2.94. The number of guanidine groups is 1. The number of halogens is 3. The highest BCUT2D eigenvalue weighted by Gasteiger charge is 2.30. The Hall–Kier alpha value is -2.36. The number of hydrogen-bond acceptors (Lipinski definition) is 5. The van der Waals surface area contributed by atoms with Gasteiger partial charge in [0.1, 0.15) is 11.6 Å². The molecule has 0 radical (unpaired) electrons. The van der Waals surface area contributed by atoms with Crippen LogP contribution in [0.4, 0.5) is 13.2 Å². The van der Waals surface area contributed by atoms with Gasteiger partial charge in [-0.15, -0.1) is 11.3 Å². The Kier molecular flexibility index (Phi) is 7.40. The van der Waals surface area contributed by atoms with Gasteiger partial charge in [-0.1, -0.05) is 0 Å². The SMILES string of the molecule is CCNC(=NCc1nc(C)c(C)s1)NCCOc1ccc(C(F)(F)F)cn1. The lowest BCUT2D eigenvalue weighted by atomic mass is 10.3. The maximum Gasteiger partial charge on any atom is 0.417 e. The molecule has 0 spiro atoms. The van der Waals surface area contributed by atoms with Crippen molar-refractivity contribution in [2.75, 3.05) is 19.7 Å². The quantitative estimate of drug-likeness (QED) is 0.423. The molecule has 0 saturated carbocycles. The zero-order valence-electron chi connectivity index (χ0n) is 15.4. The van der Waals surface area contributed by atoms with Crippen LogP contribution in [-0.2, 0) is 12.7 Å². The van der Waals surface area contributed by atoms with Gasteiger partial charge in [0.2, 0.25) is 5.88 Å². The normalized spacial score (nSPS) is 12.1. The summed E-state index contributed by atoms with van der Waals surface area (Å²) in [5, 5.41) is 7.16. The summed E-state index contributed by atoms with van der Waals surface area (Å²) >= 11 is 1.62. The molecule has 2 heterocycles. The summed E-state index contributed by atoms with van der Waals surface area (Å²) in [6, 6.07) is 2.15. The van der Waals surface area contributed by atoms with Gasteiger partial charge in [-0.2, -0.15) is 13.2 Å². The largest absolute Gasteiger partial charge is 0.476 e. The fourth-order valence-corrected chi connectivity index (χ4v) is 2.91. The number of ether oxygens (including phenoxy) is 1. The fraction of sp³-hybridized carbons (Fsp3) is 0.471. The van der Waals surface area contributed by atoms with Gasteiger partial charge in [0.25, 0.3) is 0 Å². The molecule has 0 aromatic carbocycles. The second kappa shape index (κ2) is 9.54. The number of thiazole rings is 1. The van der Waals surface area contributed by atoms with Crippen molar-refractivity contribution < 1.29 is 17.9 Å². The van der Waals surface area contributed by atoms with Crippen LogP contribution in [-0.4, -0.2) is 35.6 Å². The van der Waals surface area contributed by atoms with Crippen LogP contribution in [0.2, 0.25) is 0 Å². The van der Waals surface area contributed by atoms with Crippen molar-refractivity contribution in [2.24, 2.45) is 4.99 Å². The van der Waals surface area contributed by atoms with Crippen molar-refractivity contribution in [3.05, 3.63) is 39.5 Å². The molecule has 0 amide bonds. The van der Waals surface area contributed by atoms with Crippen molar-refractivity contribution in [3.63, 3.8) is 0 Å². The lowest BCUT2D eigenvalue weighted by molar-refractivity contribution is -0.137. The second-order valence-corrected chi connectivity index (χ2v) is 6.89. The van der Waals surface area contributed by atoms with Crippen molar-refractivity contribution in [3.8, 4) is 5.88 Å². The lowest BCUT2D eigenvalue weighted by Crippen LogP contribution is -2.39. The Bertz CT molecular complexity index is 739. The first kappa shape index (κ1) is 20.9. The van der Waals surface area contributed by atoms with E-state index in [4.69, 9.17) is 4.74 Å². The minimum absolute atomic E-state index is 0.139. The summed E-state index contributed by atoms with van der Waals surface area (Å²) < 4.78 is 42.8. The monoisotopic (exact) mass is 401 g/mol. The smallest absolute Gasteiger partial charge is 0.417 e. The maximum absolute atomic E-state index is 12.5. The average molecular weight is 401 g/mol. The Morgan fingerprint density at radius 2 is 2.04 bits per heavy atom. The van der Waals surface area contributed by atoms with Crippen LogP contribution < -0.4 is 15.4 Å². The lowest BCUT2D eigenvalue weighted by Gasteiger charge is -2.12. The van der Waals surface area contributed by atoms with Gasteiger partial charge in [-0.05, 0) is 26.8 Å². The molecule has 0 aliphatic rings. The number of nitrogens with zero attached hydrogens (tertiary/aromatic N) is 3. The highest BCUT2D eigenvalue weighted by molar-refractivity contribution is 7.11. The third-order valence-corrected chi connectivity index (χ3v) is 4.56. The molecule has 27 heavy (non-hydrogen) atoms. The van der Waals surface area contributed by atoms with Gasteiger partial charge >= 0.3 is 6.18 Å². The highest BCUT2D eigenvalue weighted by atomic mass is 32.1. The molecule has 2 N–H and O–H groups in total. The number of alkyl halides is 3. The molecule has 0 aliphatic carbocycles. The predicted molar refractivity (Wildman–Crippen MR) is 99.1 cm³/mol. The number of hydrogen-bond donors (Lipinski definition) is 2. The fourth-order valence-electron chi connectivity index (χ4n) is 2.05. The summed E-state index contributed by atoms with van der Waals surface area (Å²) in [5.41, 5.74) is 0.211. The zero-order valence-corrected chi connectivity index (χ0v) is 16.2. The number of rotatable bonds is 7. The molecule has 0 saturated heterocycles. The molecule has 0 atom stereocenters. The molecule has 10 heteroatoms. The molecule has 148 valence electrons. The van der Waals surface area contributed by atoms with Gasteiger partial charge in [-0.25, -0.2) is 15.0 Å². The molecule has 0 aliphatic heterocycles. The van der Waals surface area contributed by atoms with Crippen molar-refractivity contribution in [2.45, 2.75) is 33.5 Å². The van der Waals surface area contributed by atoms with Crippen LogP contribution in [0.15, 0.2) is 23.3 Å². The molecule has 6 nitrogen and oxygen atoms in total. The van der Waals surface area contributed by atoms with E-state index in [0.717, 1.165) is 23.0 Å². The van der Waals surface area contributed by atoms with E-state index in [-0.39, 0.29) is 12.5 Å². The van der Waals surface area contributed by atoms with Crippen LogP contribution in [0.5, 0.6) is 5.88 Å². The summed E-state index contributed by atoms with van der Waals surface area (Å²) in [5.74, 6) is 0.757. The standard InChI is InChI=1S/C17H22F3N5OS/c1-4-21-16(24-10-15-25-11(2)12(3)27-15)22-7-8-26-14-6-5-13(9-23-14)17(18,19)20/h5-6,9H,4,7-8,10H2,1-3H3,(H2,21,22,24). The Morgan fingerprint density at radius 3 is 2.59 bits per heavy atom. The van der Waals surface area contributed by atoms with Crippen molar-refractivity contribution in [1.82, 2.24) is 20.6 Å². The number of pyridine rings is 1. The molecule has 0 unspecified atom stereocenters. The summed E-state index contributed by atoms with van der Waals surface area (Å²) in [6.45, 7) is 7.77. The first-order valence-electron chi connectivity index (χ1n) is 8.40. The number of nitrogens with one attached hydrogen (secondary N) is 2. The van der Waals surface area contributed by atoms with E-state index >= 15 is 0 Å². The Morgan fingerprint density at radius 1 is 1.26 bits per heavy atom. The van der Waals surface area contributed by atoms with Gasteiger partial charge in [-0.3, -0.25) is 0 Å². The van der Waals surface area contributed by atoms with E-state index in [1.54, 1.807) is 11.3 Å². The van der Waals surface area contributed by atoms with Gasteiger partial charge in [0, 0.05) is 23.7 Å². The van der Waals surface area contributed by atoms with Gasteiger partial charge in [0.05, 0.1) is 24.3 Å². The summed E-state index contributed by atoms with van der Waals surface area (Å²) in [4.78, 5) is 13.8. The van der Waals surface area contributed by atoms with Crippen LogP contribution in [0, 0.1) is 13.8 Å². The van der Waals surface area contributed by atoms with E-state index in [1.807, 2.05) is 20.8 Å². The molecule has 2 aromatic rings. The molecule has 0 bridgehead atoms. The summed E-state index contributed by atoms with van der Waals surface area (Å²) in [7, 11) is 0. The van der Waals surface area contributed by atoms with Crippen LogP contribution in [0.25, 0.3) is 0 Å². The molecule has 2 aromatic heterocycles. The maximum atomic E-state index is 12.5. The Balaban J connectivity index is 1.81. The summed E-state index contributed by atoms with van der Waals surface area (Å²) in [6.07, 6.45) is -3.65. The third-order valence-electron chi connectivity index (χ3n) is 3.50. The highest BCUT2D eigenvalue weighted by Crippen LogP contribution is 2.29. The number of aromatic nitrogens is 2. The minimum Gasteiger partial charge on any atom is -0.476 e. The minimum atomic E-state index is -4.40. The zero-order chi connectivity index (χ0) is 19.9. The number of aryl methyl sites for hydroxylation is 2. The van der Waals surface area contributed by atoms with Gasteiger partial charge < -0.3 is 15.4 Å². The van der Waals surface area contributed by atoms with E-state index in [2.05, 4.69) is 25.6 Å². The van der Waals surface area contributed by atoms with Gasteiger partial charge in [0.15, 0.2) is 5.96 Å². The third kappa shape index (κ3) is 6.70. The molecular formula is C17H22F3N5OS. The van der Waals surface area contributed by atoms with Crippen molar-refractivity contribution >= 4 is 17.3 Å². The second-order valence-electron chi connectivity index (χ2n) is 5.60. The topological polar surface area (TPSA) is 71.4 Å². The first-order chi connectivity index (χ1) is 12.8. The molecule has 0 fully saturated rings. The van der Waals surface area contributed by atoms with Crippen molar-refractivity contribution in [1.29, 1.82) is 0 Å². The Labute approximate surface area is 159 Å². The number of aliphatic imine (C=N–C) groups is 1.